The van der Waals surface area contributed by atoms with E-state index in [1.807, 2.05) is 18.2 Å². The number of carbonyl (C=O) groups excluding carboxylic acids is 1. The zero-order valence-electron chi connectivity index (χ0n) is 10.4. The molecule has 1 N–H and O–H groups in total. The summed E-state index contributed by atoms with van der Waals surface area (Å²) in [5.41, 5.74) is 0.931. The molecule has 0 saturated heterocycles. The molecule has 0 radical (unpaired) electrons. The van der Waals surface area contributed by atoms with Crippen LogP contribution in [0.3, 0.4) is 0 Å². The van der Waals surface area contributed by atoms with Gasteiger partial charge >= 0.3 is 0 Å². The molecule has 98 valence electrons. The van der Waals surface area contributed by atoms with E-state index in [0.717, 1.165) is 5.56 Å². The molecule has 1 aromatic carbocycles. The lowest BCUT2D eigenvalue weighted by molar-refractivity contribution is 0.0785. The highest BCUT2D eigenvalue weighted by atomic mass is 35.5. The number of benzene rings is 1. The monoisotopic (exact) mass is 276 g/mol. The van der Waals surface area contributed by atoms with Crippen LogP contribution >= 0.6 is 11.6 Å². The van der Waals surface area contributed by atoms with Gasteiger partial charge < -0.3 is 9.88 Å². The first-order valence-electron chi connectivity index (χ1n) is 5.75. The lowest BCUT2D eigenvalue weighted by Gasteiger charge is -2.17. The molecule has 19 heavy (non-hydrogen) atoms. The number of halogens is 1. The zero-order chi connectivity index (χ0) is 13.8. The maximum absolute atomic E-state index is 12.1. The first-order chi connectivity index (χ1) is 9.08. The van der Waals surface area contributed by atoms with Gasteiger partial charge in [-0.2, -0.15) is 0 Å². The van der Waals surface area contributed by atoms with Gasteiger partial charge in [0.1, 0.15) is 0 Å². The normalized spacial score (nSPS) is 10.2. The Kier molecular flexibility index (Phi) is 4.02. The molecule has 1 heterocycles. The van der Waals surface area contributed by atoms with Crippen molar-refractivity contribution in [1.29, 1.82) is 0 Å². The van der Waals surface area contributed by atoms with Crippen molar-refractivity contribution < 1.29 is 4.79 Å². The second-order valence-electron chi connectivity index (χ2n) is 4.19. The summed E-state index contributed by atoms with van der Waals surface area (Å²) in [7, 11) is 1.67. The Morgan fingerprint density at radius 2 is 2.05 bits per heavy atom. The van der Waals surface area contributed by atoms with Gasteiger partial charge in [0.25, 0.3) is 5.91 Å². The zero-order valence-corrected chi connectivity index (χ0v) is 11.1. The fraction of sp³-hybridized carbons (Fsp3) is 0.143. The van der Waals surface area contributed by atoms with Crippen molar-refractivity contribution in [1.82, 2.24) is 9.88 Å². The van der Waals surface area contributed by atoms with Gasteiger partial charge in [0.05, 0.1) is 0 Å². The van der Waals surface area contributed by atoms with Crippen LogP contribution < -0.4 is 5.56 Å². The third kappa shape index (κ3) is 3.23. The van der Waals surface area contributed by atoms with E-state index in [-0.39, 0.29) is 11.5 Å². The maximum Gasteiger partial charge on any atom is 0.254 e. The average molecular weight is 277 g/mol. The van der Waals surface area contributed by atoms with Gasteiger partial charge in [0.2, 0.25) is 5.56 Å². The summed E-state index contributed by atoms with van der Waals surface area (Å²) in [6.07, 6.45) is 1.46. The van der Waals surface area contributed by atoms with Gasteiger partial charge in [-0.15, -0.1) is 0 Å². The molecule has 0 bridgehead atoms. The third-order valence-corrected chi connectivity index (χ3v) is 3.10. The van der Waals surface area contributed by atoms with Gasteiger partial charge in [-0.05, 0) is 17.7 Å². The Morgan fingerprint density at radius 3 is 2.74 bits per heavy atom. The number of hydrogen-bond acceptors (Lipinski definition) is 2. The maximum atomic E-state index is 12.1. The number of H-pyrrole nitrogens is 1. The van der Waals surface area contributed by atoms with Crippen LogP contribution in [0.5, 0.6) is 0 Å². The smallest absolute Gasteiger partial charge is 0.254 e. The fourth-order valence-electron chi connectivity index (χ4n) is 1.75. The van der Waals surface area contributed by atoms with Crippen molar-refractivity contribution in [2.75, 3.05) is 7.05 Å². The summed E-state index contributed by atoms with van der Waals surface area (Å²) in [4.78, 5) is 27.3. The predicted octanol–water partition coefficient (Wildman–Crippen LogP) is 2.30. The summed E-state index contributed by atoms with van der Waals surface area (Å²) in [6.45, 7) is 0.394. The van der Waals surface area contributed by atoms with Gasteiger partial charge in [-0.3, -0.25) is 9.59 Å². The van der Waals surface area contributed by atoms with Crippen LogP contribution in [0.4, 0.5) is 0 Å². The highest BCUT2D eigenvalue weighted by Gasteiger charge is 2.13. The number of rotatable bonds is 3. The van der Waals surface area contributed by atoms with E-state index in [4.69, 9.17) is 11.6 Å². The Balaban J connectivity index is 2.16. The largest absolute Gasteiger partial charge is 0.337 e. The highest BCUT2D eigenvalue weighted by Crippen LogP contribution is 2.17. The van der Waals surface area contributed by atoms with Crippen molar-refractivity contribution in [3.8, 4) is 0 Å². The number of nitrogens with one attached hydrogen (secondary N) is 1. The minimum Gasteiger partial charge on any atom is -0.337 e. The second kappa shape index (κ2) is 5.71. The number of aromatic nitrogens is 1. The molecule has 0 unspecified atom stereocenters. The van der Waals surface area contributed by atoms with Crippen LogP contribution in [-0.2, 0) is 6.54 Å². The topological polar surface area (TPSA) is 53.2 Å². The van der Waals surface area contributed by atoms with E-state index in [2.05, 4.69) is 4.98 Å². The average Bonchev–Trinajstić information content (AvgIpc) is 2.40. The van der Waals surface area contributed by atoms with Gasteiger partial charge in [-0.1, -0.05) is 29.8 Å². The van der Waals surface area contributed by atoms with Gasteiger partial charge in [0, 0.05) is 36.4 Å². The molecule has 2 aromatic rings. The lowest BCUT2D eigenvalue weighted by atomic mass is 10.2. The van der Waals surface area contributed by atoms with Gasteiger partial charge in [0.15, 0.2) is 0 Å². The lowest BCUT2D eigenvalue weighted by Crippen LogP contribution is -2.27. The summed E-state index contributed by atoms with van der Waals surface area (Å²) < 4.78 is 0. The van der Waals surface area contributed by atoms with Crippen LogP contribution in [0, 0.1) is 0 Å². The van der Waals surface area contributed by atoms with E-state index in [9.17, 15) is 9.59 Å². The van der Waals surface area contributed by atoms with E-state index in [1.54, 1.807) is 19.2 Å². The number of aromatic amines is 1. The standard InChI is InChI=1S/C14H13ClN2O2/c1-17(9-11-4-2-3-5-12(11)15)14(19)10-6-7-16-13(18)8-10/h2-8H,9H2,1H3,(H,16,18). The summed E-state index contributed by atoms with van der Waals surface area (Å²) in [5, 5.41) is 0.619. The second-order valence-corrected chi connectivity index (χ2v) is 4.60. The van der Waals surface area contributed by atoms with Crippen molar-refractivity contribution in [2.24, 2.45) is 0 Å². The number of carbonyl (C=O) groups is 1. The Labute approximate surface area is 115 Å². The first kappa shape index (κ1) is 13.4. The molecule has 0 aliphatic carbocycles. The van der Waals surface area contributed by atoms with E-state index in [0.29, 0.717) is 17.1 Å². The molecule has 1 amide bonds. The van der Waals surface area contributed by atoms with Gasteiger partial charge in [-0.25, -0.2) is 0 Å². The van der Waals surface area contributed by atoms with Crippen LogP contribution in [-0.4, -0.2) is 22.8 Å². The molecule has 1 aromatic heterocycles. The quantitative estimate of drug-likeness (QED) is 0.935. The van der Waals surface area contributed by atoms with Crippen molar-refractivity contribution in [2.45, 2.75) is 6.54 Å². The van der Waals surface area contributed by atoms with Crippen LogP contribution in [0.2, 0.25) is 5.02 Å². The molecule has 0 atom stereocenters. The summed E-state index contributed by atoms with van der Waals surface area (Å²) in [6, 6.07) is 10.2. The molecule has 0 aliphatic rings. The van der Waals surface area contributed by atoms with Crippen molar-refractivity contribution >= 4 is 17.5 Å². The third-order valence-electron chi connectivity index (χ3n) is 2.73. The van der Waals surface area contributed by atoms with Crippen LogP contribution in [0.25, 0.3) is 0 Å². The SMILES string of the molecule is CN(Cc1ccccc1Cl)C(=O)c1cc[nH]c(=O)c1. The predicted molar refractivity (Wildman–Crippen MR) is 74.3 cm³/mol. The van der Waals surface area contributed by atoms with E-state index < -0.39 is 0 Å². The molecule has 0 spiro atoms. The van der Waals surface area contributed by atoms with Crippen molar-refractivity contribution in [3.63, 3.8) is 0 Å². The molecule has 5 heteroatoms. The number of nitrogens with zero attached hydrogens (tertiary/aromatic N) is 1. The van der Waals surface area contributed by atoms with E-state index >= 15 is 0 Å². The Bertz CT molecular complexity index is 652. The van der Waals surface area contributed by atoms with Crippen LogP contribution in [0.1, 0.15) is 15.9 Å². The summed E-state index contributed by atoms with van der Waals surface area (Å²) in [5.74, 6) is -0.217. The first-order valence-corrected chi connectivity index (χ1v) is 6.13. The van der Waals surface area contributed by atoms with E-state index in [1.165, 1.54) is 17.2 Å². The molecular formula is C14H13ClN2O2. The Morgan fingerprint density at radius 1 is 1.32 bits per heavy atom. The number of pyridine rings is 1. The molecular weight excluding hydrogens is 264 g/mol. The number of amides is 1. The fourth-order valence-corrected chi connectivity index (χ4v) is 1.95. The highest BCUT2D eigenvalue weighted by molar-refractivity contribution is 6.31. The summed E-state index contributed by atoms with van der Waals surface area (Å²) >= 11 is 6.05. The number of hydrogen-bond donors (Lipinski definition) is 1. The molecule has 2 rings (SSSR count). The minimum absolute atomic E-state index is 0.217. The van der Waals surface area contributed by atoms with Crippen LogP contribution in [0.15, 0.2) is 47.4 Å². The Hall–Kier alpha value is -2.07. The van der Waals surface area contributed by atoms with Crippen molar-refractivity contribution in [3.05, 3.63) is 69.1 Å². The molecule has 4 nitrogen and oxygen atoms in total. The minimum atomic E-state index is -0.294. The molecule has 0 saturated carbocycles. The molecule has 0 aliphatic heterocycles. The molecule has 0 fully saturated rings.